The third-order valence-electron chi connectivity index (χ3n) is 5.21. The maximum absolute atomic E-state index is 13.4. The normalized spacial score (nSPS) is 13.8. The number of nitrogens with one attached hydrogen (secondary N) is 1. The molecule has 5 nitrogen and oxygen atoms in total. The number of nitrogens with zero attached hydrogens (tertiary/aromatic N) is 1. The van der Waals surface area contributed by atoms with Crippen molar-refractivity contribution >= 4 is 27.7 Å². The summed E-state index contributed by atoms with van der Waals surface area (Å²) < 4.78 is 5.78. The van der Waals surface area contributed by atoms with E-state index in [1.165, 1.54) is 0 Å². The molecule has 1 aliphatic heterocycles. The topological polar surface area (TPSA) is 62.4 Å². The first-order valence-corrected chi connectivity index (χ1v) is 9.26. The average Bonchev–Trinajstić information content (AvgIpc) is 2.96. The Kier molecular flexibility index (Phi) is 3.86. The van der Waals surface area contributed by atoms with Crippen LogP contribution >= 0.6 is 0 Å². The van der Waals surface area contributed by atoms with Crippen molar-refractivity contribution in [3.63, 3.8) is 0 Å². The quantitative estimate of drug-likeness (QED) is 0.520. The average molecular weight is 370 g/mol. The summed E-state index contributed by atoms with van der Waals surface area (Å²) in [5, 5.41) is 1.15. The van der Waals surface area contributed by atoms with Crippen LogP contribution in [0.3, 0.4) is 0 Å². The van der Waals surface area contributed by atoms with E-state index in [0.29, 0.717) is 41.5 Å². The fourth-order valence-corrected chi connectivity index (χ4v) is 3.79. The lowest BCUT2D eigenvalue weighted by atomic mass is 10.0. The van der Waals surface area contributed by atoms with Crippen LogP contribution in [0.4, 0.5) is 0 Å². The number of hydrogen-bond donors (Lipinski definition) is 1. The fourth-order valence-electron chi connectivity index (χ4n) is 3.79. The summed E-state index contributed by atoms with van der Waals surface area (Å²) in [5.74, 6) is 0.701. The van der Waals surface area contributed by atoms with Gasteiger partial charge in [-0.15, -0.1) is 0 Å². The SMILES string of the molecule is O=C(c1cccc2c(=O)c3ccccc3[nH]c12)N1CCOc2ccccc2C1. The highest BCUT2D eigenvalue weighted by Crippen LogP contribution is 2.25. The van der Waals surface area contributed by atoms with Crippen LogP contribution in [0.25, 0.3) is 21.8 Å². The van der Waals surface area contributed by atoms with Crippen LogP contribution in [0.1, 0.15) is 15.9 Å². The van der Waals surface area contributed by atoms with Gasteiger partial charge in [-0.25, -0.2) is 0 Å². The number of aromatic amines is 1. The maximum Gasteiger partial charge on any atom is 0.256 e. The number of fused-ring (bicyclic) bond motifs is 3. The van der Waals surface area contributed by atoms with E-state index in [1.54, 1.807) is 29.2 Å². The minimum atomic E-state index is -0.114. The number of hydrogen-bond acceptors (Lipinski definition) is 3. The molecule has 1 N–H and O–H groups in total. The molecule has 2 heterocycles. The molecule has 0 atom stereocenters. The number of carbonyl (C=O) groups is 1. The molecular formula is C23H18N2O3. The van der Waals surface area contributed by atoms with Crippen molar-refractivity contribution in [3.05, 3.63) is 88.1 Å². The standard InChI is InChI=1S/C23H18N2O3/c26-22-16-7-2-3-10-19(16)24-21-17(22)8-5-9-18(21)23(27)25-12-13-28-20-11-4-1-6-15(20)14-25/h1-11H,12-14H2,(H,24,26). The van der Waals surface area contributed by atoms with Crippen molar-refractivity contribution in [1.29, 1.82) is 0 Å². The lowest BCUT2D eigenvalue weighted by Crippen LogP contribution is -2.32. The molecular weight excluding hydrogens is 352 g/mol. The van der Waals surface area contributed by atoms with Crippen molar-refractivity contribution in [3.8, 4) is 5.75 Å². The summed E-state index contributed by atoms with van der Waals surface area (Å²) in [6.45, 7) is 1.40. The molecule has 0 unspecified atom stereocenters. The zero-order chi connectivity index (χ0) is 19.1. The van der Waals surface area contributed by atoms with Crippen LogP contribution in [0.2, 0.25) is 0 Å². The van der Waals surface area contributed by atoms with Crippen LogP contribution in [0.5, 0.6) is 5.75 Å². The summed E-state index contributed by atoms with van der Waals surface area (Å²) in [7, 11) is 0. The van der Waals surface area contributed by atoms with Crippen molar-refractivity contribution in [2.45, 2.75) is 6.54 Å². The molecule has 28 heavy (non-hydrogen) atoms. The molecule has 4 aromatic rings. The molecule has 0 radical (unpaired) electrons. The van der Waals surface area contributed by atoms with Gasteiger partial charge in [0.25, 0.3) is 5.91 Å². The van der Waals surface area contributed by atoms with Gasteiger partial charge in [-0.05, 0) is 30.3 Å². The fraction of sp³-hybridized carbons (Fsp3) is 0.130. The van der Waals surface area contributed by atoms with Gasteiger partial charge in [0.15, 0.2) is 5.43 Å². The minimum absolute atomic E-state index is 0.0662. The van der Waals surface area contributed by atoms with Gasteiger partial charge in [0.1, 0.15) is 12.4 Å². The highest BCUT2D eigenvalue weighted by Gasteiger charge is 2.23. The van der Waals surface area contributed by atoms with Gasteiger partial charge in [-0.1, -0.05) is 36.4 Å². The molecule has 3 aromatic carbocycles. The highest BCUT2D eigenvalue weighted by molar-refractivity contribution is 6.07. The van der Waals surface area contributed by atoms with Crippen molar-refractivity contribution in [2.75, 3.05) is 13.2 Å². The van der Waals surface area contributed by atoms with E-state index in [9.17, 15) is 9.59 Å². The zero-order valence-electron chi connectivity index (χ0n) is 15.1. The Hall–Kier alpha value is -3.60. The molecule has 1 amide bonds. The Balaban J connectivity index is 1.63. The van der Waals surface area contributed by atoms with E-state index in [2.05, 4.69) is 4.98 Å². The lowest BCUT2D eigenvalue weighted by Gasteiger charge is -2.20. The molecule has 0 aliphatic carbocycles. The highest BCUT2D eigenvalue weighted by atomic mass is 16.5. The molecule has 0 saturated carbocycles. The third-order valence-corrected chi connectivity index (χ3v) is 5.21. The van der Waals surface area contributed by atoms with Crippen LogP contribution in [-0.2, 0) is 6.54 Å². The van der Waals surface area contributed by atoms with Gasteiger partial charge < -0.3 is 14.6 Å². The molecule has 5 rings (SSSR count). The zero-order valence-corrected chi connectivity index (χ0v) is 15.1. The number of ether oxygens (including phenoxy) is 1. The number of benzene rings is 3. The van der Waals surface area contributed by atoms with Gasteiger partial charge in [-0.3, -0.25) is 9.59 Å². The van der Waals surface area contributed by atoms with E-state index in [0.717, 1.165) is 16.8 Å². The van der Waals surface area contributed by atoms with Gasteiger partial charge in [0.05, 0.1) is 17.6 Å². The first-order chi connectivity index (χ1) is 13.7. The molecule has 0 saturated heterocycles. The van der Waals surface area contributed by atoms with Gasteiger partial charge in [0.2, 0.25) is 0 Å². The van der Waals surface area contributed by atoms with Gasteiger partial charge >= 0.3 is 0 Å². The number of para-hydroxylation sites is 3. The first-order valence-electron chi connectivity index (χ1n) is 9.26. The second-order valence-corrected chi connectivity index (χ2v) is 6.91. The number of rotatable bonds is 1. The van der Waals surface area contributed by atoms with Crippen molar-refractivity contribution < 1.29 is 9.53 Å². The van der Waals surface area contributed by atoms with Crippen LogP contribution in [0, 0.1) is 0 Å². The Morgan fingerprint density at radius 2 is 1.71 bits per heavy atom. The van der Waals surface area contributed by atoms with Crippen LogP contribution in [0.15, 0.2) is 71.5 Å². The maximum atomic E-state index is 13.4. The number of H-pyrrole nitrogens is 1. The largest absolute Gasteiger partial charge is 0.491 e. The smallest absolute Gasteiger partial charge is 0.256 e. The predicted octanol–water partition coefficient (Wildman–Crippen LogP) is 3.72. The Labute approximate surface area is 161 Å². The Morgan fingerprint density at radius 1 is 0.929 bits per heavy atom. The Bertz CT molecular complexity index is 1280. The van der Waals surface area contributed by atoms with E-state index in [4.69, 9.17) is 4.74 Å². The molecule has 0 fully saturated rings. The lowest BCUT2D eigenvalue weighted by molar-refractivity contribution is 0.0735. The molecule has 5 heteroatoms. The molecule has 1 aliphatic rings. The second kappa shape index (κ2) is 6.53. The van der Waals surface area contributed by atoms with Crippen LogP contribution < -0.4 is 10.2 Å². The van der Waals surface area contributed by atoms with E-state index >= 15 is 0 Å². The summed E-state index contributed by atoms with van der Waals surface area (Å²) in [4.78, 5) is 31.3. The molecule has 138 valence electrons. The number of carbonyl (C=O) groups excluding carboxylic acids is 1. The monoisotopic (exact) mass is 370 g/mol. The Morgan fingerprint density at radius 3 is 2.64 bits per heavy atom. The van der Waals surface area contributed by atoms with E-state index in [1.807, 2.05) is 42.5 Å². The summed E-state index contributed by atoms with van der Waals surface area (Å²) >= 11 is 0. The molecule has 0 spiro atoms. The summed E-state index contributed by atoms with van der Waals surface area (Å²) in [6.07, 6.45) is 0. The summed E-state index contributed by atoms with van der Waals surface area (Å²) in [5.41, 5.74) is 2.72. The third kappa shape index (κ3) is 2.63. The number of amides is 1. The summed E-state index contributed by atoms with van der Waals surface area (Å²) in [6, 6.07) is 20.4. The first kappa shape index (κ1) is 16.6. The van der Waals surface area contributed by atoms with Crippen molar-refractivity contribution in [2.24, 2.45) is 0 Å². The minimum Gasteiger partial charge on any atom is -0.491 e. The molecule has 0 bridgehead atoms. The van der Waals surface area contributed by atoms with Gasteiger partial charge in [0, 0.05) is 28.4 Å². The molecule has 1 aromatic heterocycles. The van der Waals surface area contributed by atoms with Crippen molar-refractivity contribution in [1.82, 2.24) is 9.88 Å². The van der Waals surface area contributed by atoms with E-state index < -0.39 is 0 Å². The second-order valence-electron chi connectivity index (χ2n) is 6.91. The predicted molar refractivity (Wildman–Crippen MR) is 109 cm³/mol. The number of aromatic nitrogens is 1. The number of pyridine rings is 1. The van der Waals surface area contributed by atoms with Crippen LogP contribution in [-0.4, -0.2) is 28.9 Å². The van der Waals surface area contributed by atoms with Gasteiger partial charge in [-0.2, -0.15) is 0 Å². The van der Waals surface area contributed by atoms with E-state index in [-0.39, 0.29) is 11.3 Å².